The lowest BCUT2D eigenvalue weighted by atomic mass is 10.0. The summed E-state index contributed by atoms with van der Waals surface area (Å²) in [6.45, 7) is 0.478. The molecule has 1 N–H and O–H groups in total. The first-order valence-electron chi connectivity index (χ1n) is 8.43. The molecule has 0 radical (unpaired) electrons. The number of aliphatic hydroxyl groups excluding tert-OH is 1. The minimum absolute atomic E-state index is 0.0183. The molecule has 0 unspecified atom stereocenters. The fourth-order valence-electron chi connectivity index (χ4n) is 3.53. The van der Waals surface area contributed by atoms with Crippen LogP contribution in [0, 0.1) is 0 Å². The number of pyridine rings is 1. The number of rotatable bonds is 3. The van der Waals surface area contributed by atoms with E-state index in [9.17, 15) is 14.3 Å². The summed E-state index contributed by atoms with van der Waals surface area (Å²) >= 11 is 0. The van der Waals surface area contributed by atoms with Gasteiger partial charge in [-0.25, -0.2) is 4.39 Å². The van der Waals surface area contributed by atoms with E-state index in [1.807, 2.05) is 12.1 Å². The molecule has 0 spiro atoms. The van der Waals surface area contributed by atoms with Gasteiger partial charge in [-0.1, -0.05) is 6.07 Å². The number of halogens is 1. The fourth-order valence-corrected chi connectivity index (χ4v) is 3.53. The van der Waals surface area contributed by atoms with Crippen LogP contribution in [0.25, 0.3) is 11.1 Å². The molecule has 0 saturated carbocycles. The van der Waals surface area contributed by atoms with Crippen LogP contribution in [-0.4, -0.2) is 52.9 Å². The summed E-state index contributed by atoms with van der Waals surface area (Å²) in [5.74, 6) is 0.610. The second-order valence-corrected chi connectivity index (χ2v) is 6.51. The molecule has 1 aromatic carbocycles. The molecular weight excluding hydrogens is 323 g/mol. The van der Waals surface area contributed by atoms with Crippen LogP contribution in [0.3, 0.4) is 0 Å². The quantitative estimate of drug-likeness (QED) is 0.929. The Labute approximate surface area is 145 Å². The lowest BCUT2D eigenvalue weighted by Crippen LogP contribution is -2.37. The molecule has 1 saturated heterocycles. The van der Waals surface area contributed by atoms with Crippen LogP contribution in [0.5, 0.6) is 5.75 Å². The van der Waals surface area contributed by atoms with Crippen molar-refractivity contribution >= 4 is 5.91 Å². The van der Waals surface area contributed by atoms with Gasteiger partial charge in [-0.2, -0.15) is 0 Å². The van der Waals surface area contributed by atoms with E-state index >= 15 is 0 Å². The van der Waals surface area contributed by atoms with Crippen LogP contribution in [0.2, 0.25) is 0 Å². The molecule has 4 rings (SSSR count). The van der Waals surface area contributed by atoms with Gasteiger partial charge in [-0.3, -0.25) is 9.78 Å². The van der Waals surface area contributed by atoms with Crippen molar-refractivity contribution in [2.24, 2.45) is 0 Å². The van der Waals surface area contributed by atoms with Gasteiger partial charge in [0.2, 0.25) is 0 Å². The molecule has 5 nitrogen and oxygen atoms in total. The largest absolute Gasteiger partial charge is 0.493 e. The zero-order chi connectivity index (χ0) is 17.4. The minimum atomic E-state index is -1.09. The van der Waals surface area contributed by atoms with Gasteiger partial charge in [0.25, 0.3) is 5.91 Å². The highest BCUT2D eigenvalue weighted by Crippen LogP contribution is 2.31. The third-order valence-electron chi connectivity index (χ3n) is 4.84. The van der Waals surface area contributed by atoms with E-state index < -0.39 is 12.2 Å². The number of carbonyl (C=O) groups is 1. The Kier molecular flexibility index (Phi) is 4.13. The summed E-state index contributed by atoms with van der Waals surface area (Å²) in [6, 6.07) is 7.23. The third kappa shape index (κ3) is 2.98. The van der Waals surface area contributed by atoms with Gasteiger partial charge in [0, 0.05) is 30.8 Å². The van der Waals surface area contributed by atoms with Gasteiger partial charge in [-0.05, 0) is 29.3 Å². The highest BCUT2D eigenvalue weighted by atomic mass is 19.1. The van der Waals surface area contributed by atoms with Crippen molar-refractivity contribution in [3.8, 4) is 16.9 Å². The molecule has 130 valence electrons. The van der Waals surface area contributed by atoms with E-state index in [0.717, 1.165) is 28.9 Å². The lowest BCUT2D eigenvalue weighted by Gasteiger charge is -2.22. The van der Waals surface area contributed by atoms with Crippen LogP contribution in [-0.2, 0) is 6.42 Å². The van der Waals surface area contributed by atoms with E-state index in [1.54, 1.807) is 12.3 Å². The number of amides is 1. The van der Waals surface area contributed by atoms with Crippen molar-refractivity contribution < 1.29 is 19.0 Å². The average Bonchev–Trinajstić information content (AvgIpc) is 3.26. The molecule has 2 aliphatic heterocycles. The Hall–Kier alpha value is -2.47. The predicted molar refractivity (Wildman–Crippen MR) is 90.3 cm³/mol. The number of alkyl halides is 1. The number of nitrogens with zero attached hydrogens (tertiary/aromatic N) is 2. The Morgan fingerprint density at radius 1 is 1.32 bits per heavy atom. The first-order valence-corrected chi connectivity index (χ1v) is 8.43. The summed E-state index contributed by atoms with van der Waals surface area (Å²) in [7, 11) is 0. The zero-order valence-corrected chi connectivity index (χ0v) is 13.7. The predicted octanol–water partition coefficient (Wildman–Crippen LogP) is 2.23. The molecule has 1 aromatic heterocycles. The smallest absolute Gasteiger partial charge is 0.255 e. The first kappa shape index (κ1) is 16.0. The second kappa shape index (κ2) is 6.44. The normalized spacial score (nSPS) is 21.9. The van der Waals surface area contributed by atoms with Crippen molar-refractivity contribution in [3.05, 3.63) is 47.8 Å². The highest BCUT2D eigenvalue weighted by Gasteiger charge is 2.35. The van der Waals surface area contributed by atoms with Crippen molar-refractivity contribution in [2.45, 2.75) is 25.1 Å². The number of carbonyl (C=O) groups excluding carboxylic acids is 1. The van der Waals surface area contributed by atoms with E-state index in [0.29, 0.717) is 12.2 Å². The molecule has 0 bridgehead atoms. The van der Waals surface area contributed by atoms with Gasteiger partial charge in [0.15, 0.2) is 0 Å². The topological polar surface area (TPSA) is 62.7 Å². The highest BCUT2D eigenvalue weighted by molar-refractivity contribution is 5.95. The fraction of sp³-hybridized carbons (Fsp3) is 0.368. The summed E-state index contributed by atoms with van der Waals surface area (Å²) in [5, 5.41) is 9.38. The Bertz CT molecular complexity index is 811. The number of hydrogen-bond acceptors (Lipinski definition) is 4. The maximum atomic E-state index is 13.6. The second-order valence-electron chi connectivity index (χ2n) is 6.51. The van der Waals surface area contributed by atoms with Gasteiger partial charge in [0.05, 0.1) is 31.4 Å². The van der Waals surface area contributed by atoms with Gasteiger partial charge in [-0.15, -0.1) is 0 Å². The van der Waals surface area contributed by atoms with Gasteiger partial charge in [0.1, 0.15) is 11.9 Å². The Morgan fingerprint density at radius 2 is 2.20 bits per heavy atom. The molecule has 2 aromatic rings. The number of fused-ring (bicyclic) bond motifs is 1. The third-order valence-corrected chi connectivity index (χ3v) is 4.84. The van der Waals surface area contributed by atoms with Crippen LogP contribution in [0.15, 0.2) is 36.7 Å². The Morgan fingerprint density at radius 3 is 3.04 bits per heavy atom. The van der Waals surface area contributed by atoms with Crippen molar-refractivity contribution in [2.75, 3.05) is 19.8 Å². The molecule has 1 fully saturated rings. The number of likely N-dealkylation sites (tertiary alicyclic amines) is 1. The molecular formula is C19H19FN2O3. The Balaban J connectivity index is 1.62. The van der Waals surface area contributed by atoms with Crippen LogP contribution < -0.4 is 4.74 Å². The summed E-state index contributed by atoms with van der Waals surface area (Å²) in [5.41, 5.74) is 3.35. The standard InChI is InChI=1S/C19H19FN2O3/c20-16-7-17(11-23)22(10-16)19(24)15-6-14(8-21-9-15)12-1-2-18-13(5-12)3-4-25-18/h1-2,5-6,8-9,16-17,23H,3-4,7,10-11H2/t16-,17-/m0/s1. The SMILES string of the molecule is O=C(c1cncc(-c2ccc3c(c2)CCO3)c1)N1C[C@@H](F)C[C@H]1CO. The van der Waals surface area contributed by atoms with Gasteiger partial charge >= 0.3 is 0 Å². The molecule has 2 atom stereocenters. The van der Waals surface area contributed by atoms with Gasteiger partial charge < -0.3 is 14.7 Å². The van der Waals surface area contributed by atoms with E-state index in [2.05, 4.69) is 11.1 Å². The van der Waals surface area contributed by atoms with Crippen LogP contribution >= 0.6 is 0 Å². The lowest BCUT2D eigenvalue weighted by molar-refractivity contribution is 0.0672. The minimum Gasteiger partial charge on any atom is -0.493 e. The van der Waals surface area contributed by atoms with Crippen molar-refractivity contribution in [3.63, 3.8) is 0 Å². The van der Waals surface area contributed by atoms with Crippen molar-refractivity contribution in [1.82, 2.24) is 9.88 Å². The number of benzene rings is 1. The number of aromatic nitrogens is 1. The zero-order valence-electron chi connectivity index (χ0n) is 13.7. The molecule has 25 heavy (non-hydrogen) atoms. The molecule has 0 aliphatic carbocycles. The maximum absolute atomic E-state index is 13.6. The molecule has 2 aliphatic rings. The monoisotopic (exact) mass is 342 g/mol. The number of aliphatic hydroxyl groups is 1. The van der Waals surface area contributed by atoms with E-state index in [4.69, 9.17) is 4.74 Å². The van der Waals surface area contributed by atoms with E-state index in [1.165, 1.54) is 11.1 Å². The average molecular weight is 342 g/mol. The summed E-state index contributed by atoms with van der Waals surface area (Å²) in [6.07, 6.45) is 3.16. The number of hydrogen-bond donors (Lipinski definition) is 1. The number of ether oxygens (including phenoxy) is 1. The van der Waals surface area contributed by atoms with Crippen LogP contribution in [0.1, 0.15) is 22.3 Å². The summed E-state index contributed by atoms with van der Waals surface area (Å²) in [4.78, 5) is 18.3. The summed E-state index contributed by atoms with van der Waals surface area (Å²) < 4.78 is 19.1. The molecule has 3 heterocycles. The molecule has 1 amide bonds. The van der Waals surface area contributed by atoms with Crippen molar-refractivity contribution in [1.29, 1.82) is 0 Å². The first-order chi connectivity index (χ1) is 12.2. The van der Waals surface area contributed by atoms with E-state index in [-0.39, 0.29) is 25.5 Å². The molecule has 6 heteroatoms. The van der Waals surface area contributed by atoms with Crippen LogP contribution in [0.4, 0.5) is 4.39 Å². The maximum Gasteiger partial charge on any atom is 0.255 e.